The highest BCUT2D eigenvalue weighted by molar-refractivity contribution is 5.89. The van der Waals surface area contributed by atoms with Crippen LogP contribution in [-0.2, 0) is 11.2 Å². The number of rotatable bonds is 7. The first-order valence-corrected chi connectivity index (χ1v) is 11.6. The second-order valence-electron chi connectivity index (χ2n) is 8.66. The molecular weight excluding hydrogens is 420 g/mol. The molecule has 0 spiro atoms. The Labute approximate surface area is 194 Å². The van der Waals surface area contributed by atoms with Crippen molar-refractivity contribution >= 4 is 17.7 Å². The van der Waals surface area contributed by atoms with E-state index >= 15 is 0 Å². The second kappa shape index (κ2) is 11.2. The molecule has 2 aliphatic rings. The number of hydrogen-bond acceptors (Lipinski definition) is 5. The molecule has 0 aromatic heterocycles. The molecule has 176 valence electrons. The van der Waals surface area contributed by atoms with Gasteiger partial charge in [-0.25, -0.2) is 19.6 Å². The smallest absolute Gasteiger partial charge is 0.341 e. The average Bonchev–Trinajstić information content (AvgIpc) is 2.85. The summed E-state index contributed by atoms with van der Waals surface area (Å²) in [6.07, 6.45) is 3.58. The minimum atomic E-state index is -1.02. The number of nitrogens with one attached hydrogen (secondary N) is 1. The molecule has 2 saturated heterocycles. The number of aliphatic carboxylic acids is 1. The van der Waals surface area contributed by atoms with Crippen molar-refractivity contribution in [3.8, 4) is 5.75 Å². The molecule has 0 radical (unpaired) electrons. The van der Waals surface area contributed by atoms with Crippen LogP contribution in [0.25, 0.3) is 0 Å². The first-order chi connectivity index (χ1) is 16.1. The predicted octanol–water partition coefficient (Wildman–Crippen LogP) is 3.17. The van der Waals surface area contributed by atoms with Crippen LogP contribution in [-0.4, -0.2) is 77.9 Å². The van der Waals surface area contributed by atoms with E-state index in [0.29, 0.717) is 24.5 Å². The lowest BCUT2D eigenvalue weighted by Crippen LogP contribution is -2.57. The monoisotopic (exact) mass is 452 g/mol. The van der Waals surface area contributed by atoms with Crippen molar-refractivity contribution in [1.29, 1.82) is 0 Å². The number of piperazine rings is 1. The van der Waals surface area contributed by atoms with Gasteiger partial charge >= 0.3 is 12.0 Å². The number of urea groups is 1. The Morgan fingerprint density at radius 1 is 0.879 bits per heavy atom. The number of nitrogens with zero attached hydrogens (tertiary/aromatic N) is 3. The Morgan fingerprint density at radius 3 is 2.15 bits per heavy atom. The molecule has 2 aromatic carbocycles. The summed E-state index contributed by atoms with van der Waals surface area (Å²) in [5.74, 6) is 0.177. The Morgan fingerprint density at radius 2 is 1.52 bits per heavy atom. The number of carbonyl (C=O) groups excluding carboxylic acids is 1. The highest BCUT2D eigenvalue weighted by atomic mass is 16.5. The number of benzene rings is 2. The highest BCUT2D eigenvalue weighted by Gasteiger charge is 2.28. The van der Waals surface area contributed by atoms with Crippen molar-refractivity contribution in [2.75, 3.05) is 51.2 Å². The third-order valence-corrected chi connectivity index (χ3v) is 6.37. The maximum atomic E-state index is 12.6. The maximum Gasteiger partial charge on any atom is 0.341 e. The molecule has 33 heavy (non-hydrogen) atoms. The molecule has 0 bridgehead atoms. The van der Waals surface area contributed by atoms with Crippen molar-refractivity contribution in [3.63, 3.8) is 0 Å². The standard InChI is InChI=1S/C25H32N4O4/c30-24(31)19-33-23-8-6-22(7-9-23)26-25(32)27-14-16-29(17-15-27)28-12-10-21(11-13-28)18-20-4-2-1-3-5-20/h1-9,21H,10-19H2,(H,26,32)(H,30,31). The molecule has 2 N–H and O–H groups in total. The molecule has 2 amide bonds. The summed E-state index contributed by atoms with van der Waals surface area (Å²) in [6, 6.07) is 17.4. The summed E-state index contributed by atoms with van der Waals surface area (Å²) in [5.41, 5.74) is 2.09. The van der Waals surface area contributed by atoms with Crippen LogP contribution in [0, 0.1) is 5.92 Å². The second-order valence-corrected chi connectivity index (χ2v) is 8.66. The van der Waals surface area contributed by atoms with Gasteiger partial charge in [-0.3, -0.25) is 0 Å². The fraction of sp³-hybridized carbons (Fsp3) is 0.440. The molecule has 8 heteroatoms. The number of carbonyl (C=O) groups is 2. The lowest BCUT2D eigenvalue weighted by atomic mass is 9.91. The summed E-state index contributed by atoms with van der Waals surface area (Å²) in [5, 5.41) is 16.4. The average molecular weight is 453 g/mol. The van der Waals surface area contributed by atoms with Gasteiger partial charge in [-0.05, 0) is 55.0 Å². The fourth-order valence-corrected chi connectivity index (χ4v) is 4.52. The SMILES string of the molecule is O=C(O)COc1ccc(NC(=O)N2CCN(N3CCC(Cc4ccccc4)CC3)CC2)cc1. The van der Waals surface area contributed by atoms with Gasteiger partial charge in [-0.2, -0.15) is 0 Å². The van der Waals surface area contributed by atoms with Crippen LogP contribution < -0.4 is 10.1 Å². The Bertz CT molecular complexity index is 906. The Kier molecular flexibility index (Phi) is 7.80. The summed E-state index contributed by atoms with van der Waals surface area (Å²) >= 11 is 0. The number of hydrazine groups is 1. The molecule has 2 aliphatic heterocycles. The van der Waals surface area contributed by atoms with Crippen LogP contribution >= 0.6 is 0 Å². The molecule has 0 unspecified atom stereocenters. The minimum absolute atomic E-state index is 0.115. The maximum absolute atomic E-state index is 12.6. The number of anilines is 1. The number of carboxylic acids is 1. The third-order valence-electron chi connectivity index (χ3n) is 6.37. The van der Waals surface area contributed by atoms with Crippen molar-refractivity contribution in [1.82, 2.24) is 14.9 Å². The Hall–Kier alpha value is -3.10. The van der Waals surface area contributed by atoms with Crippen LogP contribution in [0.1, 0.15) is 18.4 Å². The summed E-state index contributed by atoms with van der Waals surface area (Å²) in [4.78, 5) is 25.1. The first kappa shape index (κ1) is 23.1. The molecule has 0 saturated carbocycles. The number of amides is 2. The van der Waals surface area contributed by atoms with Gasteiger partial charge in [0.05, 0.1) is 0 Å². The minimum Gasteiger partial charge on any atom is -0.482 e. The van der Waals surface area contributed by atoms with E-state index in [0.717, 1.165) is 38.5 Å². The van der Waals surface area contributed by atoms with Gasteiger partial charge in [-0.1, -0.05) is 30.3 Å². The van der Waals surface area contributed by atoms with Crippen molar-refractivity contribution in [3.05, 3.63) is 60.2 Å². The van der Waals surface area contributed by atoms with Crippen LogP contribution in [0.15, 0.2) is 54.6 Å². The van der Waals surface area contributed by atoms with Crippen LogP contribution in [0.5, 0.6) is 5.75 Å². The lowest BCUT2D eigenvalue weighted by molar-refractivity contribution is -0.139. The highest BCUT2D eigenvalue weighted by Crippen LogP contribution is 2.23. The zero-order valence-corrected chi connectivity index (χ0v) is 18.9. The molecule has 2 fully saturated rings. The quantitative estimate of drug-likeness (QED) is 0.671. The van der Waals surface area contributed by atoms with Gasteiger partial charge in [0, 0.05) is 45.0 Å². The first-order valence-electron chi connectivity index (χ1n) is 11.6. The van der Waals surface area contributed by atoms with E-state index in [1.807, 2.05) is 4.90 Å². The van der Waals surface area contributed by atoms with Gasteiger partial charge in [0.1, 0.15) is 5.75 Å². The normalized spacial score (nSPS) is 18.1. The molecular formula is C25H32N4O4. The van der Waals surface area contributed by atoms with Gasteiger partial charge < -0.3 is 20.1 Å². The molecule has 0 atom stereocenters. The summed E-state index contributed by atoms with van der Waals surface area (Å²) in [6.45, 7) is 4.85. The largest absolute Gasteiger partial charge is 0.482 e. The van der Waals surface area contributed by atoms with Crippen molar-refractivity contribution in [2.45, 2.75) is 19.3 Å². The van der Waals surface area contributed by atoms with Crippen LogP contribution in [0.2, 0.25) is 0 Å². The van der Waals surface area contributed by atoms with Crippen molar-refractivity contribution < 1.29 is 19.4 Å². The summed E-state index contributed by atoms with van der Waals surface area (Å²) < 4.78 is 5.12. The zero-order chi connectivity index (χ0) is 23.0. The van der Waals surface area contributed by atoms with Crippen LogP contribution in [0.4, 0.5) is 10.5 Å². The number of piperidine rings is 1. The van der Waals surface area contributed by atoms with E-state index in [1.165, 1.54) is 18.4 Å². The van der Waals surface area contributed by atoms with Gasteiger partial charge in [-0.15, -0.1) is 0 Å². The Balaban J connectivity index is 1.17. The van der Waals surface area contributed by atoms with E-state index in [2.05, 4.69) is 45.7 Å². The topological polar surface area (TPSA) is 85.3 Å². The van der Waals surface area contributed by atoms with Crippen molar-refractivity contribution in [2.24, 2.45) is 5.92 Å². The zero-order valence-electron chi connectivity index (χ0n) is 18.9. The van der Waals surface area contributed by atoms with Gasteiger partial charge in [0.25, 0.3) is 0 Å². The van der Waals surface area contributed by atoms with Crippen LogP contribution in [0.3, 0.4) is 0 Å². The molecule has 0 aliphatic carbocycles. The van der Waals surface area contributed by atoms with Gasteiger partial charge in [0.15, 0.2) is 6.61 Å². The summed E-state index contributed by atoms with van der Waals surface area (Å²) in [7, 11) is 0. The van der Waals surface area contributed by atoms with E-state index in [9.17, 15) is 9.59 Å². The number of hydrogen-bond donors (Lipinski definition) is 2. The van der Waals surface area contributed by atoms with E-state index in [4.69, 9.17) is 9.84 Å². The molecule has 2 aromatic rings. The van der Waals surface area contributed by atoms with Gasteiger partial charge in [0.2, 0.25) is 0 Å². The van der Waals surface area contributed by atoms with E-state index < -0.39 is 5.97 Å². The fourth-order valence-electron chi connectivity index (χ4n) is 4.52. The number of carboxylic acid groups (broad SMARTS) is 1. The molecule has 8 nitrogen and oxygen atoms in total. The predicted molar refractivity (Wildman–Crippen MR) is 126 cm³/mol. The third kappa shape index (κ3) is 6.69. The lowest BCUT2D eigenvalue weighted by Gasteiger charge is -2.44. The van der Waals surface area contributed by atoms with E-state index in [1.54, 1.807) is 24.3 Å². The molecule has 4 rings (SSSR count). The molecule has 2 heterocycles. The van der Waals surface area contributed by atoms with E-state index in [-0.39, 0.29) is 12.6 Å². The number of ether oxygens (including phenoxy) is 1.